The van der Waals surface area contributed by atoms with Crippen molar-refractivity contribution < 1.29 is 4.74 Å². The summed E-state index contributed by atoms with van der Waals surface area (Å²) in [6.07, 6.45) is 6.18. The number of rotatable bonds is 7. The van der Waals surface area contributed by atoms with Gasteiger partial charge in [-0.05, 0) is 33.0 Å². The first kappa shape index (κ1) is 16.1. The smallest absolute Gasteiger partial charge is 0.225 e. The van der Waals surface area contributed by atoms with Crippen LogP contribution in [0.4, 0.5) is 5.95 Å². The zero-order valence-corrected chi connectivity index (χ0v) is 13.4. The second-order valence-corrected chi connectivity index (χ2v) is 5.71. The summed E-state index contributed by atoms with van der Waals surface area (Å²) < 4.78 is 5.00. The molecule has 6 heteroatoms. The van der Waals surface area contributed by atoms with Gasteiger partial charge in [-0.15, -0.1) is 0 Å². The van der Waals surface area contributed by atoms with E-state index in [4.69, 9.17) is 4.74 Å². The van der Waals surface area contributed by atoms with E-state index in [1.165, 1.54) is 12.8 Å². The molecule has 1 aromatic rings. The van der Waals surface area contributed by atoms with E-state index in [0.29, 0.717) is 6.04 Å². The van der Waals surface area contributed by atoms with Gasteiger partial charge in [-0.25, -0.2) is 9.97 Å². The van der Waals surface area contributed by atoms with Crippen molar-refractivity contribution in [3.63, 3.8) is 0 Å². The second-order valence-electron chi connectivity index (χ2n) is 5.71. The van der Waals surface area contributed by atoms with Gasteiger partial charge in [0.25, 0.3) is 0 Å². The van der Waals surface area contributed by atoms with Gasteiger partial charge < -0.3 is 19.9 Å². The molecule has 21 heavy (non-hydrogen) atoms. The highest BCUT2D eigenvalue weighted by Gasteiger charge is 2.22. The molecule has 1 aliphatic rings. The van der Waals surface area contributed by atoms with Gasteiger partial charge in [0.15, 0.2) is 0 Å². The highest BCUT2D eigenvalue weighted by Crippen LogP contribution is 2.18. The minimum Gasteiger partial charge on any atom is -0.383 e. The second kappa shape index (κ2) is 8.26. The summed E-state index contributed by atoms with van der Waals surface area (Å²) in [4.78, 5) is 13.6. The molecule has 1 aliphatic heterocycles. The van der Waals surface area contributed by atoms with Gasteiger partial charge in [-0.2, -0.15) is 0 Å². The Morgan fingerprint density at radius 1 is 1.33 bits per heavy atom. The third kappa shape index (κ3) is 4.91. The number of piperidine rings is 1. The van der Waals surface area contributed by atoms with Crippen LogP contribution in [0, 0.1) is 0 Å². The Balaban J connectivity index is 1.83. The van der Waals surface area contributed by atoms with Gasteiger partial charge in [0.2, 0.25) is 5.95 Å². The highest BCUT2D eigenvalue weighted by atomic mass is 16.5. The van der Waals surface area contributed by atoms with Crippen LogP contribution in [0.25, 0.3) is 0 Å². The van der Waals surface area contributed by atoms with Crippen molar-refractivity contribution in [1.82, 2.24) is 20.2 Å². The van der Waals surface area contributed by atoms with Crippen molar-refractivity contribution in [2.45, 2.75) is 25.4 Å². The minimum atomic E-state index is 0.548. The van der Waals surface area contributed by atoms with Gasteiger partial charge in [0.1, 0.15) is 0 Å². The molecule has 0 unspecified atom stereocenters. The Bertz CT molecular complexity index is 403. The standard InChI is InChI=1S/C15H27N5O/c1-19-7-4-14(5-8-19)20(2)15-17-11-13(12-18-15)10-16-6-9-21-3/h11-12,14,16H,4-10H2,1-3H3. The number of likely N-dealkylation sites (tertiary alicyclic amines) is 1. The number of methoxy groups -OCH3 is 1. The average Bonchev–Trinajstić information content (AvgIpc) is 2.52. The third-order valence-corrected chi connectivity index (χ3v) is 4.06. The lowest BCUT2D eigenvalue weighted by Crippen LogP contribution is -2.42. The summed E-state index contributed by atoms with van der Waals surface area (Å²) in [5.74, 6) is 0.824. The van der Waals surface area contributed by atoms with Crippen molar-refractivity contribution in [3.05, 3.63) is 18.0 Å². The predicted molar refractivity (Wildman–Crippen MR) is 84.5 cm³/mol. The van der Waals surface area contributed by atoms with Crippen LogP contribution < -0.4 is 10.2 Å². The van der Waals surface area contributed by atoms with Crippen LogP contribution in [0.5, 0.6) is 0 Å². The molecule has 1 aromatic heterocycles. The lowest BCUT2D eigenvalue weighted by atomic mass is 10.0. The summed E-state index contributed by atoms with van der Waals surface area (Å²) in [5.41, 5.74) is 1.10. The lowest BCUT2D eigenvalue weighted by molar-refractivity contribution is 0.199. The fourth-order valence-corrected chi connectivity index (χ4v) is 2.57. The van der Waals surface area contributed by atoms with Crippen LogP contribution in [0.3, 0.4) is 0 Å². The summed E-state index contributed by atoms with van der Waals surface area (Å²) in [6.45, 7) is 4.64. The van der Waals surface area contributed by atoms with E-state index in [0.717, 1.165) is 44.3 Å². The summed E-state index contributed by atoms with van der Waals surface area (Å²) in [5, 5.41) is 3.30. The molecule has 0 saturated carbocycles. The first-order valence-electron chi connectivity index (χ1n) is 7.62. The molecule has 0 aliphatic carbocycles. The van der Waals surface area contributed by atoms with Gasteiger partial charge in [0, 0.05) is 51.2 Å². The average molecular weight is 293 g/mol. The quantitative estimate of drug-likeness (QED) is 0.749. The molecule has 118 valence electrons. The number of aromatic nitrogens is 2. The number of nitrogens with zero attached hydrogens (tertiary/aromatic N) is 4. The fraction of sp³-hybridized carbons (Fsp3) is 0.733. The molecule has 2 rings (SSSR count). The monoisotopic (exact) mass is 293 g/mol. The normalized spacial score (nSPS) is 17.1. The molecule has 0 spiro atoms. The summed E-state index contributed by atoms with van der Waals surface area (Å²) in [6, 6.07) is 0.548. The predicted octanol–water partition coefficient (Wildman–Crippen LogP) is 0.743. The highest BCUT2D eigenvalue weighted by molar-refractivity contribution is 5.30. The zero-order chi connectivity index (χ0) is 15.1. The van der Waals surface area contributed by atoms with Gasteiger partial charge in [-0.3, -0.25) is 0 Å². The topological polar surface area (TPSA) is 53.5 Å². The van der Waals surface area contributed by atoms with E-state index in [2.05, 4.69) is 39.2 Å². The van der Waals surface area contributed by atoms with E-state index < -0.39 is 0 Å². The maximum absolute atomic E-state index is 5.00. The van der Waals surface area contributed by atoms with Gasteiger partial charge >= 0.3 is 0 Å². The maximum atomic E-state index is 5.00. The molecule has 1 N–H and O–H groups in total. The van der Waals surface area contributed by atoms with Crippen LogP contribution in [0.15, 0.2) is 12.4 Å². The molecule has 1 saturated heterocycles. The number of hydrogen-bond donors (Lipinski definition) is 1. The fourth-order valence-electron chi connectivity index (χ4n) is 2.57. The maximum Gasteiger partial charge on any atom is 0.225 e. The molecule has 2 heterocycles. The Hall–Kier alpha value is -1.24. The number of anilines is 1. The van der Waals surface area contributed by atoms with Crippen LogP contribution in [-0.2, 0) is 11.3 Å². The first-order valence-corrected chi connectivity index (χ1v) is 7.62. The summed E-state index contributed by atoms with van der Waals surface area (Å²) >= 11 is 0. The molecule has 0 bridgehead atoms. The molecule has 0 aromatic carbocycles. The molecule has 0 amide bonds. The van der Waals surface area contributed by atoms with Crippen molar-refractivity contribution in [1.29, 1.82) is 0 Å². The van der Waals surface area contributed by atoms with E-state index >= 15 is 0 Å². The van der Waals surface area contributed by atoms with Crippen LogP contribution in [0.2, 0.25) is 0 Å². The zero-order valence-electron chi connectivity index (χ0n) is 13.4. The van der Waals surface area contributed by atoms with Crippen molar-refractivity contribution in [3.8, 4) is 0 Å². The van der Waals surface area contributed by atoms with Crippen LogP contribution >= 0.6 is 0 Å². The molecule has 6 nitrogen and oxygen atoms in total. The van der Waals surface area contributed by atoms with E-state index in [1.807, 2.05) is 12.4 Å². The van der Waals surface area contributed by atoms with Crippen molar-refractivity contribution in [2.24, 2.45) is 0 Å². The minimum absolute atomic E-state index is 0.548. The lowest BCUT2D eigenvalue weighted by Gasteiger charge is -2.35. The molecular weight excluding hydrogens is 266 g/mol. The van der Waals surface area contributed by atoms with E-state index in [9.17, 15) is 0 Å². The SMILES string of the molecule is COCCNCc1cnc(N(C)C2CCN(C)CC2)nc1. The Kier molecular flexibility index (Phi) is 6.35. The number of ether oxygens (including phenoxy) is 1. The first-order chi connectivity index (χ1) is 10.2. The largest absolute Gasteiger partial charge is 0.383 e. The molecule has 0 atom stereocenters. The molecule has 1 fully saturated rings. The van der Waals surface area contributed by atoms with Crippen LogP contribution in [-0.4, -0.2) is 68.4 Å². The number of hydrogen-bond acceptors (Lipinski definition) is 6. The van der Waals surface area contributed by atoms with Crippen molar-refractivity contribution >= 4 is 5.95 Å². The van der Waals surface area contributed by atoms with Crippen LogP contribution in [0.1, 0.15) is 18.4 Å². The Morgan fingerprint density at radius 3 is 2.62 bits per heavy atom. The molecular formula is C15H27N5O. The molecule has 0 radical (unpaired) electrons. The van der Waals surface area contributed by atoms with E-state index in [-0.39, 0.29) is 0 Å². The summed E-state index contributed by atoms with van der Waals surface area (Å²) in [7, 11) is 5.98. The number of nitrogens with one attached hydrogen (secondary N) is 1. The van der Waals surface area contributed by atoms with Crippen molar-refractivity contribution in [2.75, 3.05) is 52.3 Å². The van der Waals surface area contributed by atoms with Gasteiger partial charge in [-0.1, -0.05) is 0 Å². The van der Waals surface area contributed by atoms with E-state index in [1.54, 1.807) is 7.11 Å². The van der Waals surface area contributed by atoms with Gasteiger partial charge in [0.05, 0.1) is 6.61 Å². The Morgan fingerprint density at radius 2 is 2.00 bits per heavy atom. The third-order valence-electron chi connectivity index (χ3n) is 4.06. The Labute approximate surface area is 127 Å².